The molecule has 1 aliphatic heterocycles. The lowest BCUT2D eigenvalue weighted by Gasteiger charge is -2.31. The second-order valence-electron chi connectivity index (χ2n) is 6.84. The number of carbonyl (C=O) groups is 2. The van der Waals surface area contributed by atoms with Gasteiger partial charge in [0.15, 0.2) is 0 Å². The first kappa shape index (κ1) is 21.2. The van der Waals surface area contributed by atoms with E-state index in [2.05, 4.69) is 10.6 Å². The van der Waals surface area contributed by atoms with Gasteiger partial charge in [0.1, 0.15) is 0 Å². The molecular formula is C20H22F3N3O2S. The highest BCUT2D eigenvalue weighted by molar-refractivity contribution is 7.08. The summed E-state index contributed by atoms with van der Waals surface area (Å²) in [6.07, 6.45) is -1.52. The van der Waals surface area contributed by atoms with Crippen LogP contribution in [0.5, 0.6) is 0 Å². The number of halogens is 3. The van der Waals surface area contributed by atoms with Gasteiger partial charge in [-0.2, -0.15) is 24.5 Å². The molecule has 2 amide bonds. The van der Waals surface area contributed by atoms with E-state index in [4.69, 9.17) is 0 Å². The van der Waals surface area contributed by atoms with Crippen LogP contribution in [0, 0.1) is 0 Å². The summed E-state index contributed by atoms with van der Waals surface area (Å²) in [4.78, 5) is 26.2. The molecule has 0 aliphatic carbocycles. The molecule has 1 saturated heterocycles. The third kappa shape index (κ3) is 5.72. The zero-order valence-electron chi connectivity index (χ0n) is 15.7. The van der Waals surface area contributed by atoms with Gasteiger partial charge < -0.3 is 15.5 Å². The molecule has 156 valence electrons. The number of hydrogen-bond acceptors (Lipinski definition) is 4. The largest absolute Gasteiger partial charge is 0.416 e. The number of alkyl halides is 3. The molecule has 3 rings (SSSR count). The molecule has 5 nitrogen and oxygen atoms in total. The zero-order valence-corrected chi connectivity index (χ0v) is 16.5. The van der Waals surface area contributed by atoms with Gasteiger partial charge in [-0.25, -0.2) is 0 Å². The van der Waals surface area contributed by atoms with Crippen molar-refractivity contribution in [2.24, 2.45) is 0 Å². The van der Waals surface area contributed by atoms with Gasteiger partial charge >= 0.3 is 6.18 Å². The minimum absolute atomic E-state index is 0.0361. The average Bonchev–Trinajstić information content (AvgIpc) is 3.23. The smallest absolute Gasteiger partial charge is 0.370 e. The first-order valence-electron chi connectivity index (χ1n) is 9.41. The van der Waals surface area contributed by atoms with Crippen LogP contribution in [0.15, 0.2) is 35.0 Å². The van der Waals surface area contributed by atoms with Crippen molar-refractivity contribution in [3.63, 3.8) is 0 Å². The molecule has 0 atom stereocenters. The highest BCUT2D eigenvalue weighted by Crippen LogP contribution is 2.36. The van der Waals surface area contributed by atoms with Crippen LogP contribution in [0.2, 0.25) is 0 Å². The molecule has 0 radical (unpaired) electrons. The molecular weight excluding hydrogens is 403 g/mol. The molecule has 0 spiro atoms. The maximum atomic E-state index is 13.1. The number of amides is 2. The van der Waals surface area contributed by atoms with E-state index in [1.807, 2.05) is 4.90 Å². The van der Waals surface area contributed by atoms with E-state index < -0.39 is 17.6 Å². The van der Waals surface area contributed by atoms with E-state index in [1.165, 1.54) is 17.4 Å². The Labute approximate surface area is 170 Å². The maximum absolute atomic E-state index is 13.1. The molecule has 2 N–H and O–H groups in total. The summed E-state index contributed by atoms with van der Waals surface area (Å²) in [5, 5.41) is 8.70. The second-order valence-corrected chi connectivity index (χ2v) is 7.62. The highest BCUT2D eigenvalue weighted by atomic mass is 32.1. The van der Waals surface area contributed by atoms with Gasteiger partial charge in [0.2, 0.25) is 5.91 Å². The summed E-state index contributed by atoms with van der Waals surface area (Å²) in [6, 6.07) is 5.11. The zero-order chi connectivity index (χ0) is 20.9. The molecule has 2 heterocycles. The van der Waals surface area contributed by atoms with Crippen molar-refractivity contribution in [2.75, 3.05) is 29.9 Å². The van der Waals surface area contributed by atoms with Gasteiger partial charge in [-0.05, 0) is 48.9 Å². The third-order valence-electron chi connectivity index (χ3n) is 4.72. The summed E-state index contributed by atoms with van der Waals surface area (Å²) in [5.41, 5.74) is 0.448. The van der Waals surface area contributed by atoms with Gasteiger partial charge in [0, 0.05) is 37.0 Å². The van der Waals surface area contributed by atoms with Crippen molar-refractivity contribution in [3.8, 4) is 0 Å². The SMILES string of the molecule is O=C(CCNC(=O)c1ccsc1)Nc1cc(C(F)(F)F)ccc1N1CCCCC1. The van der Waals surface area contributed by atoms with Gasteiger partial charge in [-0.3, -0.25) is 9.59 Å². The van der Waals surface area contributed by atoms with Crippen LogP contribution in [0.1, 0.15) is 41.6 Å². The number of benzene rings is 1. The predicted octanol–water partition coefficient (Wildman–Crippen LogP) is 4.52. The molecule has 1 aromatic carbocycles. The molecule has 29 heavy (non-hydrogen) atoms. The van der Waals surface area contributed by atoms with Crippen molar-refractivity contribution >= 4 is 34.5 Å². The summed E-state index contributed by atoms with van der Waals surface area (Å²) in [5.74, 6) is -0.736. The van der Waals surface area contributed by atoms with Gasteiger partial charge in [-0.1, -0.05) is 0 Å². The monoisotopic (exact) mass is 425 g/mol. The Bertz CT molecular complexity index is 847. The third-order valence-corrected chi connectivity index (χ3v) is 5.40. The van der Waals surface area contributed by atoms with Crippen molar-refractivity contribution < 1.29 is 22.8 Å². The predicted molar refractivity (Wildman–Crippen MR) is 107 cm³/mol. The van der Waals surface area contributed by atoms with Gasteiger partial charge in [0.25, 0.3) is 5.91 Å². The number of thiophene rings is 1. The number of nitrogens with zero attached hydrogens (tertiary/aromatic N) is 1. The average molecular weight is 425 g/mol. The van der Waals surface area contributed by atoms with Crippen LogP contribution in [-0.4, -0.2) is 31.4 Å². The molecule has 9 heteroatoms. The Balaban J connectivity index is 1.66. The molecule has 0 unspecified atom stereocenters. The minimum Gasteiger partial charge on any atom is -0.370 e. The fourth-order valence-corrected chi connectivity index (χ4v) is 3.86. The van der Waals surface area contributed by atoms with Gasteiger partial charge in [0.05, 0.1) is 16.9 Å². The molecule has 0 bridgehead atoms. The summed E-state index contributed by atoms with van der Waals surface area (Å²) in [7, 11) is 0. The Hall–Kier alpha value is -2.55. The molecule has 1 aliphatic rings. The van der Waals surface area contributed by atoms with Crippen molar-refractivity contribution in [2.45, 2.75) is 31.9 Å². The van der Waals surface area contributed by atoms with Crippen LogP contribution in [0.4, 0.5) is 24.5 Å². The lowest BCUT2D eigenvalue weighted by atomic mass is 10.1. The van der Waals surface area contributed by atoms with E-state index in [1.54, 1.807) is 16.8 Å². The fraction of sp³-hybridized carbons (Fsp3) is 0.400. The number of nitrogens with one attached hydrogen (secondary N) is 2. The van der Waals surface area contributed by atoms with Crippen molar-refractivity contribution in [3.05, 3.63) is 46.2 Å². The van der Waals surface area contributed by atoms with Crippen molar-refractivity contribution in [1.82, 2.24) is 5.32 Å². The quantitative estimate of drug-likeness (QED) is 0.716. The number of carbonyl (C=O) groups excluding carboxylic acids is 2. The van der Waals surface area contributed by atoms with E-state index in [0.717, 1.165) is 44.5 Å². The Morgan fingerprint density at radius 3 is 2.52 bits per heavy atom. The lowest BCUT2D eigenvalue weighted by molar-refractivity contribution is -0.137. The Morgan fingerprint density at radius 1 is 1.10 bits per heavy atom. The Morgan fingerprint density at radius 2 is 1.86 bits per heavy atom. The highest BCUT2D eigenvalue weighted by Gasteiger charge is 2.31. The van der Waals surface area contributed by atoms with Crippen LogP contribution in [0.3, 0.4) is 0 Å². The van der Waals surface area contributed by atoms with Crippen LogP contribution in [-0.2, 0) is 11.0 Å². The molecule has 0 saturated carbocycles. The Kier molecular flexibility index (Phi) is 6.79. The standard InChI is InChI=1S/C20H22F3N3O2S/c21-20(22,23)15-4-5-17(26-9-2-1-3-10-26)16(12-15)25-18(27)6-8-24-19(28)14-7-11-29-13-14/h4-5,7,11-13H,1-3,6,8-10H2,(H,24,28)(H,25,27). The molecule has 1 aromatic heterocycles. The summed E-state index contributed by atoms with van der Waals surface area (Å²) < 4.78 is 39.4. The summed E-state index contributed by atoms with van der Waals surface area (Å²) in [6.45, 7) is 1.58. The van der Waals surface area contributed by atoms with E-state index >= 15 is 0 Å². The van der Waals surface area contributed by atoms with Crippen LogP contribution < -0.4 is 15.5 Å². The molecule has 2 aromatic rings. The van der Waals surface area contributed by atoms with E-state index in [-0.39, 0.29) is 24.6 Å². The maximum Gasteiger partial charge on any atom is 0.416 e. The van der Waals surface area contributed by atoms with Crippen molar-refractivity contribution in [1.29, 1.82) is 0 Å². The normalized spacial score (nSPS) is 14.5. The number of piperidine rings is 1. The topological polar surface area (TPSA) is 61.4 Å². The number of anilines is 2. The summed E-state index contributed by atoms with van der Waals surface area (Å²) >= 11 is 1.39. The van der Waals surface area contributed by atoms with Crippen LogP contribution >= 0.6 is 11.3 Å². The van der Waals surface area contributed by atoms with Crippen LogP contribution in [0.25, 0.3) is 0 Å². The minimum atomic E-state index is -4.49. The second kappa shape index (κ2) is 9.30. The van der Waals surface area contributed by atoms with Gasteiger partial charge in [-0.15, -0.1) is 0 Å². The molecule has 1 fully saturated rings. The lowest BCUT2D eigenvalue weighted by Crippen LogP contribution is -2.31. The first-order chi connectivity index (χ1) is 13.8. The fourth-order valence-electron chi connectivity index (χ4n) is 3.22. The van der Waals surface area contributed by atoms with E-state index in [0.29, 0.717) is 11.3 Å². The number of hydrogen-bond donors (Lipinski definition) is 2. The number of rotatable bonds is 6. The van der Waals surface area contributed by atoms with E-state index in [9.17, 15) is 22.8 Å². The first-order valence-corrected chi connectivity index (χ1v) is 10.4.